The summed E-state index contributed by atoms with van der Waals surface area (Å²) in [5.41, 5.74) is 0. The Morgan fingerprint density at radius 1 is 1.35 bits per heavy atom. The quantitative estimate of drug-likeness (QED) is 0.740. The number of carbonyl (C=O) groups is 1. The zero-order valence-electron chi connectivity index (χ0n) is 11.1. The zero-order valence-corrected chi connectivity index (χ0v) is 11.1. The van der Waals surface area contributed by atoms with Crippen molar-refractivity contribution in [2.75, 3.05) is 6.61 Å². The van der Waals surface area contributed by atoms with E-state index in [1.165, 1.54) is 0 Å². The predicted molar refractivity (Wildman–Crippen MR) is 62.6 cm³/mol. The van der Waals surface area contributed by atoms with Crippen molar-refractivity contribution in [1.29, 1.82) is 0 Å². The van der Waals surface area contributed by atoms with Gasteiger partial charge in [0.1, 0.15) is 5.92 Å². The zero-order chi connectivity index (χ0) is 13.0. The van der Waals surface area contributed by atoms with E-state index in [1.54, 1.807) is 6.92 Å². The monoisotopic (exact) mass is 240 g/mol. The maximum Gasteiger partial charge on any atom is 0.318 e. The predicted octanol–water partition coefficient (Wildman–Crippen LogP) is 2.50. The SMILES string of the molecule is CCOC(=O)C(c1nc(C(C)C)no1)C(C)C. The second kappa shape index (κ2) is 5.80. The smallest absolute Gasteiger partial charge is 0.318 e. The molecule has 17 heavy (non-hydrogen) atoms. The van der Waals surface area contributed by atoms with Gasteiger partial charge in [0.25, 0.3) is 0 Å². The summed E-state index contributed by atoms with van der Waals surface area (Å²) in [7, 11) is 0. The lowest BCUT2D eigenvalue weighted by atomic mass is 9.96. The van der Waals surface area contributed by atoms with E-state index < -0.39 is 5.92 Å². The number of carbonyl (C=O) groups excluding carboxylic acids is 1. The van der Waals surface area contributed by atoms with E-state index in [0.717, 1.165) is 0 Å². The van der Waals surface area contributed by atoms with Crippen LogP contribution in [0, 0.1) is 5.92 Å². The third kappa shape index (κ3) is 3.28. The highest BCUT2D eigenvalue weighted by molar-refractivity contribution is 5.77. The van der Waals surface area contributed by atoms with Crippen molar-refractivity contribution in [1.82, 2.24) is 10.1 Å². The van der Waals surface area contributed by atoms with Crippen molar-refractivity contribution in [2.45, 2.75) is 46.5 Å². The Hall–Kier alpha value is -1.39. The van der Waals surface area contributed by atoms with Crippen molar-refractivity contribution in [3.63, 3.8) is 0 Å². The number of ether oxygens (including phenoxy) is 1. The molecular formula is C12H20N2O3. The summed E-state index contributed by atoms with van der Waals surface area (Å²) in [5, 5.41) is 3.87. The third-order valence-corrected chi connectivity index (χ3v) is 2.45. The van der Waals surface area contributed by atoms with Crippen LogP contribution in [0.2, 0.25) is 0 Å². The molecule has 0 aliphatic carbocycles. The molecule has 1 rings (SSSR count). The van der Waals surface area contributed by atoms with Crippen LogP contribution in [0.3, 0.4) is 0 Å². The minimum Gasteiger partial charge on any atom is -0.465 e. The van der Waals surface area contributed by atoms with Crippen LogP contribution in [0.1, 0.15) is 58.2 Å². The molecule has 0 aromatic carbocycles. The van der Waals surface area contributed by atoms with Crippen LogP contribution in [0.4, 0.5) is 0 Å². The molecule has 1 heterocycles. The van der Waals surface area contributed by atoms with Gasteiger partial charge in [-0.3, -0.25) is 4.79 Å². The topological polar surface area (TPSA) is 65.2 Å². The number of rotatable bonds is 5. The van der Waals surface area contributed by atoms with E-state index in [4.69, 9.17) is 9.26 Å². The molecular weight excluding hydrogens is 220 g/mol. The van der Waals surface area contributed by atoms with Gasteiger partial charge in [-0.05, 0) is 12.8 Å². The molecule has 0 aliphatic heterocycles. The van der Waals surface area contributed by atoms with Gasteiger partial charge in [-0.2, -0.15) is 4.98 Å². The third-order valence-electron chi connectivity index (χ3n) is 2.45. The molecule has 0 spiro atoms. The molecule has 0 aliphatic rings. The molecule has 0 saturated heterocycles. The lowest BCUT2D eigenvalue weighted by Gasteiger charge is -2.14. The second-order valence-corrected chi connectivity index (χ2v) is 4.62. The van der Waals surface area contributed by atoms with E-state index in [0.29, 0.717) is 18.3 Å². The van der Waals surface area contributed by atoms with E-state index in [2.05, 4.69) is 10.1 Å². The molecule has 0 radical (unpaired) electrons. The van der Waals surface area contributed by atoms with Gasteiger partial charge in [0.2, 0.25) is 5.89 Å². The average molecular weight is 240 g/mol. The van der Waals surface area contributed by atoms with Gasteiger partial charge in [-0.25, -0.2) is 0 Å². The number of esters is 1. The molecule has 5 heteroatoms. The highest BCUT2D eigenvalue weighted by atomic mass is 16.5. The van der Waals surface area contributed by atoms with Crippen molar-refractivity contribution in [3.05, 3.63) is 11.7 Å². The summed E-state index contributed by atoms with van der Waals surface area (Å²) in [6.45, 7) is 9.95. The van der Waals surface area contributed by atoms with Gasteiger partial charge in [0.15, 0.2) is 5.82 Å². The minimum absolute atomic E-state index is 0.0644. The van der Waals surface area contributed by atoms with Crippen LogP contribution in [-0.2, 0) is 9.53 Å². The van der Waals surface area contributed by atoms with Crippen LogP contribution < -0.4 is 0 Å². The lowest BCUT2D eigenvalue weighted by molar-refractivity contribution is -0.146. The van der Waals surface area contributed by atoms with Gasteiger partial charge in [-0.1, -0.05) is 32.9 Å². The Labute approximate surface area is 102 Å². The molecule has 0 fully saturated rings. The van der Waals surface area contributed by atoms with Crippen molar-refractivity contribution >= 4 is 5.97 Å². The number of nitrogens with zero attached hydrogens (tertiary/aromatic N) is 2. The maximum absolute atomic E-state index is 11.8. The number of hydrogen-bond donors (Lipinski definition) is 0. The molecule has 0 N–H and O–H groups in total. The fraction of sp³-hybridized carbons (Fsp3) is 0.750. The van der Waals surface area contributed by atoms with Gasteiger partial charge in [0.05, 0.1) is 6.61 Å². The first-order valence-electron chi connectivity index (χ1n) is 5.97. The van der Waals surface area contributed by atoms with Crippen LogP contribution >= 0.6 is 0 Å². The summed E-state index contributed by atoms with van der Waals surface area (Å²) in [6, 6.07) is 0. The Balaban J connectivity index is 2.93. The molecule has 0 amide bonds. The van der Waals surface area contributed by atoms with Crippen LogP contribution in [0.5, 0.6) is 0 Å². The molecule has 1 atom stereocenters. The van der Waals surface area contributed by atoms with E-state index in [-0.39, 0.29) is 17.8 Å². The highest BCUT2D eigenvalue weighted by Crippen LogP contribution is 2.25. The minimum atomic E-state index is -0.477. The first-order valence-corrected chi connectivity index (χ1v) is 5.97. The molecule has 0 saturated carbocycles. The summed E-state index contributed by atoms with van der Waals surface area (Å²) in [5.74, 6) is 0.436. The van der Waals surface area contributed by atoms with Gasteiger partial charge in [0, 0.05) is 5.92 Å². The Kier molecular flexibility index (Phi) is 4.66. The largest absolute Gasteiger partial charge is 0.465 e. The van der Waals surface area contributed by atoms with Crippen molar-refractivity contribution in [3.8, 4) is 0 Å². The van der Waals surface area contributed by atoms with Gasteiger partial charge in [-0.15, -0.1) is 0 Å². The molecule has 1 aromatic rings. The van der Waals surface area contributed by atoms with Crippen molar-refractivity contribution in [2.24, 2.45) is 5.92 Å². The van der Waals surface area contributed by atoms with Gasteiger partial charge >= 0.3 is 5.97 Å². The molecule has 1 aromatic heterocycles. The summed E-state index contributed by atoms with van der Waals surface area (Å²) in [4.78, 5) is 16.1. The van der Waals surface area contributed by atoms with E-state index in [9.17, 15) is 4.79 Å². The number of aromatic nitrogens is 2. The first-order chi connectivity index (χ1) is 7.97. The second-order valence-electron chi connectivity index (χ2n) is 4.62. The molecule has 96 valence electrons. The van der Waals surface area contributed by atoms with Gasteiger partial charge < -0.3 is 9.26 Å². The lowest BCUT2D eigenvalue weighted by Crippen LogP contribution is -2.21. The number of hydrogen-bond acceptors (Lipinski definition) is 5. The van der Waals surface area contributed by atoms with E-state index in [1.807, 2.05) is 27.7 Å². The fourth-order valence-electron chi connectivity index (χ4n) is 1.50. The Morgan fingerprint density at radius 2 is 2.00 bits per heavy atom. The van der Waals surface area contributed by atoms with Crippen LogP contribution in [0.15, 0.2) is 4.52 Å². The summed E-state index contributed by atoms with van der Waals surface area (Å²) >= 11 is 0. The van der Waals surface area contributed by atoms with Crippen molar-refractivity contribution < 1.29 is 14.1 Å². The maximum atomic E-state index is 11.8. The summed E-state index contributed by atoms with van der Waals surface area (Å²) < 4.78 is 10.2. The fourth-order valence-corrected chi connectivity index (χ4v) is 1.50. The molecule has 0 bridgehead atoms. The Morgan fingerprint density at radius 3 is 2.41 bits per heavy atom. The average Bonchev–Trinajstić information content (AvgIpc) is 2.66. The standard InChI is InChI=1S/C12H20N2O3/c1-6-16-12(15)9(7(2)3)11-13-10(8(4)5)14-17-11/h7-9H,6H2,1-5H3. The van der Waals surface area contributed by atoms with Crippen LogP contribution in [0.25, 0.3) is 0 Å². The normalized spacial score (nSPS) is 13.1. The highest BCUT2D eigenvalue weighted by Gasteiger charge is 2.31. The van der Waals surface area contributed by atoms with Crippen LogP contribution in [-0.4, -0.2) is 22.7 Å². The Bertz CT molecular complexity index is 372. The molecule has 5 nitrogen and oxygen atoms in total. The first kappa shape index (κ1) is 13.7. The molecule has 1 unspecified atom stereocenters. The summed E-state index contributed by atoms with van der Waals surface area (Å²) in [6.07, 6.45) is 0. The van der Waals surface area contributed by atoms with E-state index >= 15 is 0 Å².